The van der Waals surface area contributed by atoms with Gasteiger partial charge in [0.25, 0.3) is 0 Å². The molecule has 0 bridgehead atoms. The van der Waals surface area contributed by atoms with E-state index in [0.29, 0.717) is 19.7 Å². The highest BCUT2D eigenvalue weighted by Crippen LogP contribution is 2.32. The van der Waals surface area contributed by atoms with Gasteiger partial charge in [-0.15, -0.1) is 0 Å². The third-order valence-electron chi connectivity index (χ3n) is 3.01. The Labute approximate surface area is 133 Å². The standard InChI is InChI=1S/C15H18BrNO3S/c1-21(18,19)11-9-17-8-10-20-14-7-6-12-4-2-3-5-13(12)15(14)16/h2-7,17H,8-11H2,1H3. The SMILES string of the molecule is CS(=O)(=O)CCNCCOc1ccc2ccccc2c1Br. The molecule has 0 saturated carbocycles. The van der Waals surface area contributed by atoms with E-state index in [-0.39, 0.29) is 5.75 Å². The first-order valence-electron chi connectivity index (χ1n) is 6.66. The molecule has 0 unspecified atom stereocenters. The number of hydrogen-bond acceptors (Lipinski definition) is 4. The molecule has 114 valence electrons. The molecular formula is C15H18BrNO3S. The molecule has 2 rings (SSSR count). The van der Waals surface area contributed by atoms with Crippen molar-refractivity contribution in [2.45, 2.75) is 0 Å². The van der Waals surface area contributed by atoms with E-state index in [1.165, 1.54) is 6.26 Å². The molecule has 0 aliphatic heterocycles. The maximum Gasteiger partial charge on any atom is 0.148 e. The Morgan fingerprint density at radius 1 is 1.14 bits per heavy atom. The number of halogens is 1. The third kappa shape index (κ3) is 4.98. The molecule has 2 aromatic rings. The highest BCUT2D eigenvalue weighted by atomic mass is 79.9. The van der Waals surface area contributed by atoms with Crippen LogP contribution in [0, 0.1) is 0 Å². The Kier molecular flexibility index (Phi) is 5.61. The van der Waals surface area contributed by atoms with Gasteiger partial charge in [-0.1, -0.05) is 30.3 Å². The Bertz CT molecular complexity index is 716. The number of hydrogen-bond donors (Lipinski definition) is 1. The van der Waals surface area contributed by atoms with Gasteiger partial charge >= 0.3 is 0 Å². The maximum atomic E-state index is 11.0. The van der Waals surface area contributed by atoms with Gasteiger partial charge in [-0.25, -0.2) is 8.42 Å². The predicted octanol–water partition coefficient (Wildman–Crippen LogP) is 2.62. The number of nitrogens with one attached hydrogen (secondary N) is 1. The normalized spacial score (nSPS) is 11.7. The summed E-state index contributed by atoms with van der Waals surface area (Å²) >= 11 is 3.57. The molecule has 2 aromatic carbocycles. The predicted molar refractivity (Wildman–Crippen MR) is 89.7 cm³/mol. The van der Waals surface area contributed by atoms with Crippen molar-refractivity contribution in [1.82, 2.24) is 5.32 Å². The van der Waals surface area contributed by atoms with Gasteiger partial charge in [-0.3, -0.25) is 0 Å². The summed E-state index contributed by atoms with van der Waals surface area (Å²) in [6.45, 7) is 1.54. The Morgan fingerprint density at radius 2 is 1.90 bits per heavy atom. The molecule has 0 heterocycles. The van der Waals surface area contributed by atoms with E-state index in [0.717, 1.165) is 21.0 Å². The summed E-state index contributed by atoms with van der Waals surface area (Å²) in [7, 11) is -2.91. The lowest BCUT2D eigenvalue weighted by molar-refractivity contribution is 0.314. The second kappa shape index (κ2) is 7.24. The van der Waals surface area contributed by atoms with E-state index in [4.69, 9.17) is 4.74 Å². The van der Waals surface area contributed by atoms with Gasteiger partial charge in [0, 0.05) is 19.3 Å². The molecule has 0 aliphatic rings. The van der Waals surface area contributed by atoms with Crippen LogP contribution in [-0.4, -0.2) is 40.1 Å². The first kappa shape index (κ1) is 16.3. The van der Waals surface area contributed by atoms with Crippen LogP contribution in [0.2, 0.25) is 0 Å². The summed E-state index contributed by atoms with van der Waals surface area (Å²) in [5, 5.41) is 5.32. The fourth-order valence-electron chi connectivity index (χ4n) is 1.94. The van der Waals surface area contributed by atoms with Gasteiger partial charge in [0.05, 0.1) is 10.2 Å². The van der Waals surface area contributed by atoms with Crippen molar-refractivity contribution in [1.29, 1.82) is 0 Å². The van der Waals surface area contributed by atoms with E-state index < -0.39 is 9.84 Å². The average Bonchev–Trinajstić information content (AvgIpc) is 2.44. The lowest BCUT2D eigenvalue weighted by atomic mass is 10.1. The molecular weight excluding hydrogens is 354 g/mol. The van der Waals surface area contributed by atoms with E-state index >= 15 is 0 Å². The lowest BCUT2D eigenvalue weighted by Crippen LogP contribution is -2.26. The van der Waals surface area contributed by atoms with Gasteiger partial charge < -0.3 is 10.1 Å². The van der Waals surface area contributed by atoms with Gasteiger partial charge in [-0.2, -0.15) is 0 Å². The number of ether oxygens (including phenoxy) is 1. The van der Waals surface area contributed by atoms with E-state index in [9.17, 15) is 8.42 Å². The zero-order valence-electron chi connectivity index (χ0n) is 11.8. The number of benzene rings is 2. The second-order valence-electron chi connectivity index (χ2n) is 4.83. The summed E-state index contributed by atoms with van der Waals surface area (Å²) in [5.74, 6) is 0.936. The Hall–Kier alpha value is -1.11. The van der Waals surface area contributed by atoms with Crippen LogP contribution in [0.25, 0.3) is 10.8 Å². The molecule has 0 aromatic heterocycles. The molecule has 0 radical (unpaired) electrons. The van der Waals surface area contributed by atoms with Crippen molar-refractivity contribution < 1.29 is 13.2 Å². The summed E-state index contributed by atoms with van der Waals surface area (Å²) in [4.78, 5) is 0. The molecule has 1 N–H and O–H groups in total. The van der Waals surface area contributed by atoms with Gasteiger partial charge in [0.2, 0.25) is 0 Å². The number of sulfone groups is 1. The molecule has 6 heteroatoms. The minimum Gasteiger partial charge on any atom is -0.491 e. The minimum atomic E-state index is -2.91. The van der Waals surface area contributed by atoms with Gasteiger partial charge in [0.1, 0.15) is 22.2 Å². The van der Waals surface area contributed by atoms with Crippen molar-refractivity contribution in [2.24, 2.45) is 0 Å². The third-order valence-corrected chi connectivity index (χ3v) is 4.78. The molecule has 0 amide bonds. The van der Waals surface area contributed by atoms with Crippen LogP contribution in [-0.2, 0) is 9.84 Å². The second-order valence-corrected chi connectivity index (χ2v) is 7.88. The highest BCUT2D eigenvalue weighted by Gasteiger charge is 2.05. The van der Waals surface area contributed by atoms with Crippen LogP contribution in [0.3, 0.4) is 0 Å². The molecule has 0 saturated heterocycles. The van der Waals surface area contributed by atoms with Crippen molar-refractivity contribution >= 4 is 36.5 Å². The van der Waals surface area contributed by atoms with Crippen LogP contribution in [0.4, 0.5) is 0 Å². The average molecular weight is 372 g/mol. The first-order valence-corrected chi connectivity index (χ1v) is 9.51. The number of fused-ring (bicyclic) bond motifs is 1. The van der Waals surface area contributed by atoms with Gasteiger partial charge in [-0.05, 0) is 32.8 Å². The molecule has 0 fully saturated rings. The zero-order chi connectivity index (χ0) is 15.3. The van der Waals surface area contributed by atoms with Crippen LogP contribution in [0.5, 0.6) is 5.75 Å². The lowest BCUT2D eigenvalue weighted by Gasteiger charge is -2.11. The number of rotatable bonds is 7. The summed E-state index contributed by atoms with van der Waals surface area (Å²) in [5.41, 5.74) is 0. The van der Waals surface area contributed by atoms with Gasteiger partial charge in [0.15, 0.2) is 0 Å². The largest absolute Gasteiger partial charge is 0.491 e. The van der Waals surface area contributed by atoms with Crippen LogP contribution < -0.4 is 10.1 Å². The molecule has 0 spiro atoms. The molecule has 21 heavy (non-hydrogen) atoms. The van der Waals surface area contributed by atoms with Crippen molar-refractivity contribution in [3.63, 3.8) is 0 Å². The molecule has 0 atom stereocenters. The smallest absolute Gasteiger partial charge is 0.148 e. The van der Waals surface area contributed by atoms with Crippen LogP contribution in [0.1, 0.15) is 0 Å². The quantitative estimate of drug-likeness (QED) is 0.760. The van der Waals surface area contributed by atoms with E-state index in [2.05, 4.69) is 27.3 Å². The Morgan fingerprint density at radius 3 is 2.67 bits per heavy atom. The summed E-state index contributed by atoms with van der Waals surface area (Å²) in [6.07, 6.45) is 1.23. The fraction of sp³-hybridized carbons (Fsp3) is 0.333. The van der Waals surface area contributed by atoms with E-state index in [1.807, 2.05) is 30.3 Å². The van der Waals surface area contributed by atoms with Crippen molar-refractivity contribution in [3.05, 3.63) is 40.9 Å². The first-order chi connectivity index (χ1) is 9.97. The highest BCUT2D eigenvalue weighted by molar-refractivity contribution is 9.10. The maximum absolute atomic E-state index is 11.0. The molecule has 4 nitrogen and oxygen atoms in total. The monoisotopic (exact) mass is 371 g/mol. The Balaban J connectivity index is 1.85. The van der Waals surface area contributed by atoms with Crippen molar-refractivity contribution in [3.8, 4) is 5.75 Å². The minimum absolute atomic E-state index is 0.146. The van der Waals surface area contributed by atoms with Crippen LogP contribution in [0.15, 0.2) is 40.9 Å². The van der Waals surface area contributed by atoms with Crippen molar-refractivity contribution in [2.75, 3.05) is 31.7 Å². The topological polar surface area (TPSA) is 55.4 Å². The fourth-order valence-corrected chi connectivity index (χ4v) is 3.06. The summed E-state index contributed by atoms with van der Waals surface area (Å²) in [6, 6.07) is 12.0. The zero-order valence-corrected chi connectivity index (χ0v) is 14.2. The molecule has 0 aliphatic carbocycles. The summed E-state index contributed by atoms with van der Waals surface area (Å²) < 4.78 is 28.6. The van der Waals surface area contributed by atoms with E-state index in [1.54, 1.807) is 0 Å². The van der Waals surface area contributed by atoms with Crippen LogP contribution >= 0.6 is 15.9 Å².